The number of benzene rings is 1. The Hall–Kier alpha value is -2.67. The number of amides is 1. The fourth-order valence-corrected chi connectivity index (χ4v) is 3.04. The first-order valence-electron chi connectivity index (χ1n) is 8.20. The van der Waals surface area contributed by atoms with Crippen LogP contribution in [0.1, 0.15) is 17.0 Å². The van der Waals surface area contributed by atoms with Crippen molar-refractivity contribution < 1.29 is 19.4 Å². The SMILES string of the molecule is Cc1nn(-c2ccccc2)c(C)c1CC(=O)N1CCOC(C(=O)O)C1. The predicted molar refractivity (Wildman–Crippen MR) is 90.7 cm³/mol. The molecule has 1 saturated heterocycles. The summed E-state index contributed by atoms with van der Waals surface area (Å²) in [4.78, 5) is 25.3. The first kappa shape index (κ1) is 17.2. The Labute approximate surface area is 145 Å². The molecule has 0 aliphatic carbocycles. The number of aromatic nitrogens is 2. The van der Waals surface area contributed by atoms with Crippen LogP contribution in [0.4, 0.5) is 0 Å². The molecule has 1 atom stereocenters. The van der Waals surface area contributed by atoms with Gasteiger partial charge in [-0.25, -0.2) is 9.48 Å². The second kappa shape index (κ2) is 7.06. The van der Waals surface area contributed by atoms with Crippen molar-refractivity contribution in [1.29, 1.82) is 0 Å². The molecule has 0 spiro atoms. The van der Waals surface area contributed by atoms with Crippen molar-refractivity contribution in [3.8, 4) is 5.69 Å². The number of carboxylic acids is 1. The van der Waals surface area contributed by atoms with E-state index in [4.69, 9.17) is 9.84 Å². The number of hydrogen-bond acceptors (Lipinski definition) is 4. The molecule has 0 radical (unpaired) electrons. The smallest absolute Gasteiger partial charge is 0.334 e. The normalized spacial score (nSPS) is 17.5. The molecule has 1 amide bonds. The largest absolute Gasteiger partial charge is 0.479 e. The molecule has 2 heterocycles. The summed E-state index contributed by atoms with van der Waals surface area (Å²) in [7, 11) is 0. The molecule has 1 aliphatic rings. The van der Waals surface area contributed by atoms with Gasteiger partial charge in [-0.2, -0.15) is 5.10 Å². The van der Waals surface area contributed by atoms with Crippen molar-refractivity contribution in [2.45, 2.75) is 26.4 Å². The molecule has 0 bridgehead atoms. The molecule has 7 heteroatoms. The molecule has 132 valence electrons. The zero-order valence-corrected chi connectivity index (χ0v) is 14.3. The van der Waals surface area contributed by atoms with Crippen LogP contribution in [0.3, 0.4) is 0 Å². The summed E-state index contributed by atoms with van der Waals surface area (Å²) < 4.78 is 7.00. The van der Waals surface area contributed by atoms with Gasteiger partial charge in [0.15, 0.2) is 6.10 Å². The number of carbonyl (C=O) groups excluding carboxylic acids is 1. The fraction of sp³-hybridized carbons (Fsp3) is 0.389. The van der Waals surface area contributed by atoms with Gasteiger partial charge in [0.2, 0.25) is 5.91 Å². The Morgan fingerprint density at radius 3 is 2.68 bits per heavy atom. The molecule has 1 unspecified atom stereocenters. The second-order valence-electron chi connectivity index (χ2n) is 6.11. The summed E-state index contributed by atoms with van der Waals surface area (Å²) in [6, 6.07) is 9.75. The van der Waals surface area contributed by atoms with Crippen molar-refractivity contribution >= 4 is 11.9 Å². The van der Waals surface area contributed by atoms with E-state index in [0.29, 0.717) is 6.54 Å². The van der Waals surface area contributed by atoms with E-state index >= 15 is 0 Å². The Balaban J connectivity index is 1.78. The van der Waals surface area contributed by atoms with Crippen molar-refractivity contribution in [3.63, 3.8) is 0 Å². The van der Waals surface area contributed by atoms with Crippen LogP contribution in [0.5, 0.6) is 0 Å². The quantitative estimate of drug-likeness (QED) is 0.906. The predicted octanol–water partition coefficient (Wildman–Crippen LogP) is 1.34. The minimum atomic E-state index is -1.04. The monoisotopic (exact) mass is 343 g/mol. The van der Waals surface area contributed by atoms with Gasteiger partial charge < -0.3 is 14.7 Å². The Morgan fingerprint density at radius 2 is 2.00 bits per heavy atom. The molecule has 3 rings (SSSR count). The first-order valence-corrected chi connectivity index (χ1v) is 8.20. The first-order chi connectivity index (χ1) is 12.0. The van der Waals surface area contributed by atoms with Crippen molar-refractivity contribution in [1.82, 2.24) is 14.7 Å². The molecule has 1 N–H and O–H groups in total. The van der Waals surface area contributed by atoms with Gasteiger partial charge in [-0.15, -0.1) is 0 Å². The molecule has 2 aromatic rings. The van der Waals surface area contributed by atoms with Gasteiger partial charge in [0.1, 0.15) is 0 Å². The standard InChI is InChI=1S/C18H21N3O4/c1-12-15(13(2)21(19-12)14-6-4-3-5-7-14)10-17(22)20-8-9-25-16(11-20)18(23)24/h3-7,16H,8-11H2,1-2H3,(H,23,24). The van der Waals surface area contributed by atoms with Crippen LogP contribution in [0.25, 0.3) is 5.69 Å². The van der Waals surface area contributed by atoms with Crippen molar-refractivity contribution in [2.75, 3.05) is 19.7 Å². The molecule has 1 aromatic heterocycles. The highest BCUT2D eigenvalue weighted by molar-refractivity contribution is 5.81. The maximum Gasteiger partial charge on any atom is 0.334 e. The summed E-state index contributed by atoms with van der Waals surface area (Å²) >= 11 is 0. The maximum atomic E-state index is 12.6. The Morgan fingerprint density at radius 1 is 1.28 bits per heavy atom. The minimum Gasteiger partial charge on any atom is -0.479 e. The topological polar surface area (TPSA) is 84.7 Å². The van der Waals surface area contributed by atoms with E-state index in [1.165, 1.54) is 0 Å². The van der Waals surface area contributed by atoms with Gasteiger partial charge in [0, 0.05) is 17.8 Å². The van der Waals surface area contributed by atoms with Gasteiger partial charge in [-0.3, -0.25) is 4.79 Å². The van der Waals surface area contributed by atoms with Gasteiger partial charge in [0.05, 0.1) is 31.0 Å². The minimum absolute atomic E-state index is 0.0824. The molecular formula is C18H21N3O4. The van der Waals surface area contributed by atoms with Crippen LogP contribution in [0.2, 0.25) is 0 Å². The second-order valence-corrected chi connectivity index (χ2v) is 6.11. The molecule has 1 fully saturated rings. The number of ether oxygens (including phenoxy) is 1. The van der Waals surface area contributed by atoms with Gasteiger partial charge in [0.25, 0.3) is 0 Å². The van der Waals surface area contributed by atoms with Crippen LogP contribution < -0.4 is 0 Å². The number of carboxylic acid groups (broad SMARTS) is 1. The Kier molecular flexibility index (Phi) is 4.85. The van der Waals surface area contributed by atoms with Crippen LogP contribution in [-0.4, -0.2) is 57.5 Å². The average Bonchev–Trinajstić information content (AvgIpc) is 2.90. The van der Waals surface area contributed by atoms with Crippen molar-refractivity contribution in [3.05, 3.63) is 47.3 Å². The summed E-state index contributed by atoms with van der Waals surface area (Å²) in [5.41, 5.74) is 3.55. The zero-order chi connectivity index (χ0) is 18.0. The highest BCUT2D eigenvalue weighted by Gasteiger charge is 2.29. The van der Waals surface area contributed by atoms with E-state index < -0.39 is 12.1 Å². The highest BCUT2D eigenvalue weighted by Crippen LogP contribution is 2.19. The van der Waals surface area contributed by atoms with Crippen LogP contribution in [0, 0.1) is 13.8 Å². The summed E-state index contributed by atoms with van der Waals surface area (Å²) in [5, 5.41) is 13.6. The lowest BCUT2D eigenvalue weighted by Gasteiger charge is -2.31. The number of rotatable bonds is 4. The maximum absolute atomic E-state index is 12.6. The number of morpholine rings is 1. The van der Waals surface area contributed by atoms with E-state index in [-0.39, 0.29) is 25.5 Å². The summed E-state index contributed by atoms with van der Waals surface area (Å²) in [5.74, 6) is -1.14. The number of hydrogen-bond donors (Lipinski definition) is 1. The third-order valence-corrected chi connectivity index (χ3v) is 4.46. The Bertz CT molecular complexity index is 785. The van der Waals surface area contributed by atoms with Gasteiger partial charge in [-0.05, 0) is 26.0 Å². The van der Waals surface area contributed by atoms with Crippen LogP contribution in [0.15, 0.2) is 30.3 Å². The lowest BCUT2D eigenvalue weighted by atomic mass is 10.1. The molecule has 7 nitrogen and oxygen atoms in total. The zero-order valence-electron chi connectivity index (χ0n) is 14.3. The third-order valence-electron chi connectivity index (χ3n) is 4.46. The summed E-state index contributed by atoms with van der Waals surface area (Å²) in [6.45, 7) is 4.56. The highest BCUT2D eigenvalue weighted by atomic mass is 16.5. The number of nitrogens with zero attached hydrogens (tertiary/aromatic N) is 3. The van der Waals surface area contributed by atoms with E-state index in [0.717, 1.165) is 22.6 Å². The average molecular weight is 343 g/mol. The lowest BCUT2D eigenvalue weighted by molar-refractivity contribution is -0.159. The molecular weight excluding hydrogens is 322 g/mol. The number of aryl methyl sites for hydroxylation is 1. The van der Waals surface area contributed by atoms with Gasteiger partial charge in [-0.1, -0.05) is 18.2 Å². The molecule has 1 aromatic carbocycles. The molecule has 1 aliphatic heterocycles. The van der Waals surface area contributed by atoms with E-state index in [9.17, 15) is 9.59 Å². The number of para-hydroxylation sites is 1. The number of aliphatic carboxylic acids is 1. The molecule has 0 saturated carbocycles. The third kappa shape index (κ3) is 3.56. The van der Waals surface area contributed by atoms with Gasteiger partial charge >= 0.3 is 5.97 Å². The van der Waals surface area contributed by atoms with Crippen LogP contribution >= 0.6 is 0 Å². The van der Waals surface area contributed by atoms with Crippen LogP contribution in [-0.2, 0) is 20.7 Å². The fourth-order valence-electron chi connectivity index (χ4n) is 3.04. The van der Waals surface area contributed by atoms with E-state index in [1.807, 2.05) is 48.9 Å². The molecule has 25 heavy (non-hydrogen) atoms. The summed E-state index contributed by atoms with van der Waals surface area (Å²) in [6.07, 6.45) is -0.747. The van der Waals surface area contributed by atoms with E-state index in [2.05, 4.69) is 5.10 Å². The lowest BCUT2D eigenvalue weighted by Crippen LogP contribution is -2.49. The van der Waals surface area contributed by atoms with E-state index in [1.54, 1.807) is 4.90 Å². The number of carbonyl (C=O) groups is 2. The van der Waals surface area contributed by atoms with Crippen molar-refractivity contribution in [2.24, 2.45) is 0 Å².